The lowest BCUT2D eigenvalue weighted by molar-refractivity contribution is 0.0952. The molecule has 0 aliphatic heterocycles. The maximum absolute atomic E-state index is 12.8. The predicted molar refractivity (Wildman–Crippen MR) is 128 cm³/mol. The van der Waals surface area contributed by atoms with E-state index in [1.54, 1.807) is 31.4 Å². The summed E-state index contributed by atoms with van der Waals surface area (Å²) in [4.78, 5) is 16.2. The van der Waals surface area contributed by atoms with E-state index in [1.165, 1.54) is 0 Å². The Morgan fingerprint density at radius 3 is 2.62 bits per heavy atom. The van der Waals surface area contributed by atoms with E-state index < -0.39 is 0 Å². The van der Waals surface area contributed by atoms with E-state index >= 15 is 0 Å². The third-order valence-corrected chi connectivity index (χ3v) is 5.80. The normalized spacial score (nSPS) is 11.8. The van der Waals surface area contributed by atoms with Gasteiger partial charge in [-0.05, 0) is 48.4 Å². The summed E-state index contributed by atoms with van der Waals surface area (Å²) in [5, 5.41) is 4.60. The fourth-order valence-electron chi connectivity index (χ4n) is 3.90. The Balaban J connectivity index is 1.71. The Morgan fingerprint density at radius 2 is 1.84 bits per heavy atom. The lowest BCUT2D eigenvalue weighted by Gasteiger charge is -2.20. The Hall–Kier alpha value is -3.44. The topological polar surface area (TPSA) is 63.3 Å². The molecular weight excluding hydrogens is 424 g/mol. The molecule has 32 heavy (non-hydrogen) atoms. The van der Waals surface area contributed by atoms with Crippen LogP contribution in [0.15, 0.2) is 72.9 Å². The Labute approximate surface area is 192 Å². The van der Waals surface area contributed by atoms with Crippen LogP contribution < -0.4 is 14.8 Å². The first-order valence-electron chi connectivity index (χ1n) is 10.5. The number of aromatic nitrogens is 1. The second-order valence-electron chi connectivity index (χ2n) is 7.38. The van der Waals surface area contributed by atoms with Crippen LogP contribution in [0, 0.1) is 0 Å². The highest BCUT2D eigenvalue weighted by Crippen LogP contribution is 2.36. The number of amides is 1. The van der Waals surface area contributed by atoms with Gasteiger partial charge in [-0.3, -0.25) is 4.79 Å². The number of ether oxygens (including phenoxy) is 2. The largest absolute Gasteiger partial charge is 0.493 e. The van der Waals surface area contributed by atoms with Crippen LogP contribution in [0.3, 0.4) is 0 Å². The zero-order valence-corrected chi connectivity index (χ0v) is 18.8. The van der Waals surface area contributed by atoms with Gasteiger partial charge >= 0.3 is 0 Å². The maximum atomic E-state index is 12.8. The van der Waals surface area contributed by atoms with Crippen molar-refractivity contribution in [2.45, 2.75) is 12.8 Å². The molecule has 1 atom stereocenters. The Bertz CT molecular complexity index is 1230. The quantitative estimate of drug-likeness (QED) is 0.358. The highest BCUT2D eigenvalue weighted by atomic mass is 35.5. The van der Waals surface area contributed by atoms with Gasteiger partial charge in [-0.2, -0.15) is 0 Å². The van der Waals surface area contributed by atoms with Crippen LogP contribution >= 0.6 is 11.6 Å². The van der Waals surface area contributed by atoms with Crippen molar-refractivity contribution < 1.29 is 14.3 Å². The number of para-hydroxylation sites is 1. The predicted octanol–water partition coefficient (Wildman–Crippen LogP) is 5.79. The monoisotopic (exact) mass is 448 g/mol. The van der Waals surface area contributed by atoms with Gasteiger partial charge in [0.25, 0.3) is 5.91 Å². The van der Waals surface area contributed by atoms with E-state index in [1.807, 2.05) is 49.5 Å². The molecule has 0 saturated heterocycles. The second-order valence-corrected chi connectivity index (χ2v) is 7.78. The number of aromatic amines is 1. The van der Waals surface area contributed by atoms with E-state index in [4.69, 9.17) is 21.1 Å². The fraction of sp³-hybridized carbons (Fsp3) is 0.192. The molecule has 0 spiro atoms. The number of halogens is 1. The fourth-order valence-corrected chi connectivity index (χ4v) is 4.12. The molecule has 1 amide bonds. The first kappa shape index (κ1) is 21.8. The van der Waals surface area contributed by atoms with Gasteiger partial charge < -0.3 is 19.8 Å². The van der Waals surface area contributed by atoms with Crippen molar-refractivity contribution in [1.82, 2.24) is 10.3 Å². The van der Waals surface area contributed by atoms with Gasteiger partial charge in [-0.15, -0.1) is 0 Å². The molecule has 1 heterocycles. The number of nitrogens with one attached hydrogen (secondary N) is 2. The Kier molecular flexibility index (Phi) is 6.66. The van der Waals surface area contributed by atoms with Crippen molar-refractivity contribution in [1.29, 1.82) is 0 Å². The number of methoxy groups -OCH3 is 1. The molecule has 0 radical (unpaired) electrons. The van der Waals surface area contributed by atoms with E-state index in [-0.39, 0.29) is 11.8 Å². The van der Waals surface area contributed by atoms with Gasteiger partial charge in [0.05, 0.1) is 24.3 Å². The number of hydrogen-bond donors (Lipinski definition) is 2. The van der Waals surface area contributed by atoms with Gasteiger partial charge in [0.15, 0.2) is 11.5 Å². The summed E-state index contributed by atoms with van der Waals surface area (Å²) < 4.78 is 11.2. The smallest absolute Gasteiger partial charge is 0.252 e. The number of H-pyrrole nitrogens is 1. The van der Waals surface area contributed by atoms with Crippen molar-refractivity contribution in [3.05, 3.63) is 94.6 Å². The number of rotatable bonds is 8. The standard InChI is InChI=1S/C26H25ClN2O3/c1-3-32-24-13-12-17(14-25(24)31-2)20(21-16-28-23-11-7-5-8-18(21)23)15-29-26(30)19-9-4-6-10-22(19)27/h4-14,16,20,28H,3,15H2,1-2H3,(H,29,30)/t20-/m0/s1. The number of hydrogen-bond acceptors (Lipinski definition) is 3. The zero-order valence-electron chi connectivity index (χ0n) is 18.0. The average molecular weight is 449 g/mol. The molecule has 0 saturated carbocycles. The van der Waals surface area contributed by atoms with E-state index in [0.29, 0.717) is 35.2 Å². The van der Waals surface area contributed by atoms with Crippen LogP contribution in [-0.2, 0) is 0 Å². The van der Waals surface area contributed by atoms with Crippen LogP contribution in [-0.4, -0.2) is 31.2 Å². The summed E-state index contributed by atoms with van der Waals surface area (Å²) in [5.74, 6) is 1.03. The van der Waals surface area contributed by atoms with E-state index in [2.05, 4.69) is 16.4 Å². The molecule has 164 valence electrons. The zero-order chi connectivity index (χ0) is 22.5. The van der Waals surface area contributed by atoms with Gasteiger partial charge in [-0.25, -0.2) is 0 Å². The van der Waals surface area contributed by atoms with Crippen LogP contribution in [0.4, 0.5) is 0 Å². The number of fused-ring (bicyclic) bond motifs is 1. The van der Waals surface area contributed by atoms with E-state index in [9.17, 15) is 4.79 Å². The Morgan fingerprint density at radius 1 is 1.06 bits per heavy atom. The van der Waals surface area contributed by atoms with Crippen LogP contribution in [0.25, 0.3) is 10.9 Å². The second kappa shape index (κ2) is 9.79. The van der Waals surface area contributed by atoms with Gasteiger partial charge in [0, 0.05) is 29.6 Å². The lowest BCUT2D eigenvalue weighted by atomic mass is 9.90. The summed E-state index contributed by atoms with van der Waals surface area (Å²) in [6.45, 7) is 2.88. The molecule has 6 heteroatoms. The number of carbonyl (C=O) groups is 1. The minimum atomic E-state index is -0.210. The molecule has 4 rings (SSSR count). The third-order valence-electron chi connectivity index (χ3n) is 5.47. The number of benzene rings is 3. The highest BCUT2D eigenvalue weighted by molar-refractivity contribution is 6.33. The summed E-state index contributed by atoms with van der Waals surface area (Å²) in [5.41, 5.74) is 3.60. The van der Waals surface area contributed by atoms with Crippen molar-refractivity contribution in [3.8, 4) is 11.5 Å². The minimum Gasteiger partial charge on any atom is -0.493 e. The molecule has 4 aromatic rings. The molecule has 0 bridgehead atoms. The van der Waals surface area contributed by atoms with Crippen molar-refractivity contribution in [3.63, 3.8) is 0 Å². The molecule has 0 aliphatic carbocycles. The molecule has 3 aromatic carbocycles. The summed E-state index contributed by atoms with van der Waals surface area (Å²) >= 11 is 6.22. The molecule has 0 fully saturated rings. The summed E-state index contributed by atoms with van der Waals surface area (Å²) in [6.07, 6.45) is 2.00. The SMILES string of the molecule is CCOc1ccc([C@H](CNC(=O)c2ccccc2Cl)c2c[nH]c3ccccc23)cc1OC. The molecular formula is C26H25ClN2O3. The van der Waals surface area contributed by atoms with Crippen molar-refractivity contribution >= 4 is 28.4 Å². The third kappa shape index (κ3) is 4.43. The van der Waals surface area contributed by atoms with Crippen molar-refractivity contribution in [2.24, 2.45) is 0 Å². The average Bonchev–Trinajstić information content (AvgIpc) is 3.24. The molecule has 1 aromatic heterocycles. The van der Waals surface area contributed by atoms with Crippen LogP contribution in [0.1, 0.15) is 34.3 Å². The highest BCUT2D eigenvalue weighted by Gasteiger charge is 2.21. The van der Waals surface area contributed by atoms with Crippen molar-refractivity contribution in [2.75, 3.05) is 20.3 Å². The van der Waals surface area contributed by atoms with Crippen LogP contribution in [0.5, 0.6) is 11.5 Å². The van der Waals surface area contributed by atoms with Crippen LogP contribution in [0.2, 0.25) is 5.02 Å². The van der Waals surface area contributed by atoms with Gasteiger partial charge in [0.1, 0.15) is 0 Å². The first-order chi connectivity index (χ1) is 15.6. The lowest BCUT2D eigenvalue weighted by Crippen LogP contribution is -2.29. The summed E-state index contributed by atoms with van der Waals surface area (Å²) in [7, 11) is 1.63. The first-order valence-corrected chi connectivity index (χ1v) is 10.9. The summed E-state index contributed by atoms with van der Waals surface area (Å²) in [6, 6.07) is 21.1. The minimum absolute atomic E-state index is 0.109. The molecule has 5 nitrogen and oxygen atoms in total. The van der Waals surface area contributed by atoms with Gasteiger partial charge in [0.2, 0.25) is 0 Å². The molecule has 2 N–H and O–H groups in total. The number of carbonyl (C=O) groups excluding carboxylic acids is 1. The van der Waals surface area contributed by atoms with E-state index in [0.717, 1.165) is 22.0 Å². The maximum Gasteiger partial charge on any atom is 0.252 e. The van der Waals surface area contributed by atoms with Gasteiger partial charge in [-0.1, -0.05) is 48.0 Å². The molecule has 0 aliphatic rings. The molecule has 0 unspecified atom stereocenters.